The van der Waals surface area contributed by atoms with Gasteiger partial charge in [0.05, 0.1) is 5.69 Å². The van der Waals surface area contributed by atoms with Crippen LogP contribution >= 0.6 is 0 Å². The molecule has 1 aromatic heterocycles. The first-order chi connectivity index (χ1) is 9.41. The highest BCUT2D eigenvalue weighted by Gasteiger charge is 2.20. The van der Waals surface area contributed by atoms with Crippen LogP contribution in [-0.4, -0.2) is 4.98 Å². The molecular weight excluding hydrogens is 248 g/mol. The third kappa shape index (κ3) is 3.10. The molecule has 106 valence electrons. The summed E-state index contributed by atoms with van der Waals surface area (Å²) in [5.41, 5.74) is 8.92. The van der Waals surface area contributed by atoms with Gasteiger partial charge in [0.25, 0.3) is 0 Å². The minimum absolute atomic E-state index is 0.00402. The van der Waals surface area contributed by atoms with Crippen molar-refractivity contribution in [1.29, 1.82) is 0 Å². The molecule has 0 aliphatic carbocycles. The predicted molar refractivity (Wildman–Crippen MR) is 83.2 cm³/mol. The third-order valence-electron chi connectivity index (χ3n) is 3.27. The van der Waals surface area contributed by atoms with Crippen LogP contribution in [0.25, 0.3) is 0 Å². The number of nitrogens with two attached hydrogens (primary N) is 1. The smallest absolute Gasteiger partial charge is 0.242 e. The van der Waals surface area contributed by atoms with Gasteiger partial charge in [0.2, 0.25) is 5.88 Å². The maximum absolute atomic E-state index is 5.93. The molecular formula is C17H22N2O. The fraction of sp³-hybridized carbons (Fsp3) is 0.353. The lowest BCUT2D eigenvalue weighted by molar-refractivity contribution is 0.441. The first-order valence-electron chi connectivity index (χ1n) is 6.93. The van der Waals surface area contributed by atoms with Crippen molar-refractivity contribution in [3.8, 4) is 11.6 Å². The molecule has 0 aliphatic rings. The second-order valence-electron chi connectivity index (χ2n) is 5.93. The zero-order valence-electron chi connectivity index (χ0n) is 12.6. The van der Waals surface area contributed by atoms with Crippen LogP contribution in [0.4, 0.5) is 5.69 Å². The summed E-state index contributed by atoms with van der Waals surface area (Å²) in [5, 5.41) is 0. The molecule has 0 saturated heterocycles. The van der Waals surface area contributed by atoms with Crippen molar-refractivity contribution in [1.82, 2.24) is 4.98 Å². The number of nitrogen functional groups attached to an aromatic ring is 1. The molecule has 2 aromatic rings. The number of rotatable bonds is 3. The summed E-state index contributed by atoms with van der Waals surface area (Å²) >= 11 is 0. The first kappa shape index (κ1) is 14.4. The second-order valence-corrected chi connectivity index (χ2v) is 5.93. The maximum Gasteiger partial charge on any atom is 0.242 e. The topological polar surface area (TPSA) is 48.1 Å². The van der Waals surface area contributed by atoms with Crippen molar-refractivity contribution in [2.45, 2.75) is 39.5 Å². The largest absolute Gasteiger partial charge is 0.437 e. The Morgan fingerprint density at radius 1 is 1.20 bits per heavy atom. The fourth-order valence-electron chi connectivity index (χ4n) is 2.06. The molecule has 20 heavy (non-hydrogen) atoms. The SMILES string of the molecule is CCc1ccc(Oc2ncccc2N)c(C(C)(C)C)c1. The molecule has 0 fully saturated rings. The van der Waals surface area contributed by atoms with Gasteiger partial charge in [-0.15, -0.1) is 0 Å². The van der Waals surface area contributed by atoms with E-state index in [1.54, 1.807) is 18.3 Å². The molecule has 3 heteroatoms. The van der Waals surface area contributed by atoms with Gasteiger partial charge in [0, 0.05) is 11.8 Å². The first-order valence-corrected chi connectivity index (χ1v) is 6.93. The number of benzene rings is 1. The van der Waals surface area contributed by atoms with Gasteiger partial charge in [-0.1, -0.05) is 39.8 Å². The van der Waals surface area contributed by atoms with E-state index in [2.05, 4.69) is 44.8 Å². The van der Waals surface area contributed by atoms with E-state index in [9.17, 15) is 0 Å². The van der Waals surface area contributed by atoms with Gasteiger partial charge in [-0.25, -0.2) is 4.98 Å². The van der Waals surface area contributed by atoms with E-state index < -0.39 is 0 Å². The Hall–Kier alpha value is -2.03. The van der Waals surface area contributed by atoms with Gasteiger partial charge in [-0.05, 0) is 35.6 Å². The van der Waals surface area contributed by atoms with E-state index in [-0.39, 0.29) is 5.41 Å². The van der Waals surface area contributed by atoms with Crippen molar-refractivity contribution in [2.24, 2.45) is 0 Å². The van der Waals surface area contributed by atoms with Gasteiger partial charge < -0.3 is 10.5 Å². The van der Waals surface area contributed by atoms with Crippen LogP contribution in [0.15, 0.2) is 36.5 Å². The molecule has 1 aromatic carbocycles. The third-order valence-corrected chi connectivity index (χ3v) is 3.27. The molecule has 0 spiro atoms. The van der Waals surface area contributed by atoms with Crippen molar-refractivity contribution >= 4 is 5.69 Å². The Morgan fingerprint density at radius 2 is 1.95 bits per heavy atom. The van der Waals surface area contributed by atoms with Gasteiger partial charge in [-0.2, -0.15) is 0 Å². The predicted octanol–water partition coefficient (Wildman–Crippen LogP) is 4.32. The highest BCUT2D eigenvalue weighted by atomic mass is 16.5. The van der Waals surface area contributed by atoms with Crippen LogP contribution in [0.2, 0.25) is 0 Å². The quantitative estimate of drug-likeness (QED) is 0.903. The number of hydrogen-bond donors (Lipinski definition) is 1. The number of nitrogens with zero attached hydrogens (tertiary/aromatic N) is 1. The summed E-state index contributed by atoms with van der Waals surface area (Å²) in [6, 6.07) is 9.89. The van der Waals surface area contributed by atoms with Gasteiger partial charge in [0.15, 0.2) is 0 Å². The highest BCUT2D eigenvalue weighted by Crippen LogP contribution is 2.35. The average Bonchev–Trinajstić information content (AvgIpc) is 2.40. The van der Waals surface area contributed by atoms with E-state index in [4.69, 9.17) is 10.5 Å². The average molecular weight is 270 g/mol. The van der Waals surface area contributed by atoms with Crippen molar-refractivity contribution < 1.29 is 4.74 Å². The molecule has 2 N–H and O–H groups in total. The summed E-state index contributed by atoms with van der Waals surface area (Å²) in [4.78, 5) is 4.19. The Kier molecular flexibility index (Phi) is 3.98. The van der Waals surface area contributed by atoms with E-state index in [1.807, 2.05) is 6.07 Å². The van der Waals surface area contributed by atoms with E-state index in [0.717, 1.165) is 12.2 Å². The van der Waals surface area contributed by atoms with Crippen LogP contribution in [0.1, 0.15) is 38.8 Å². The number of pyridine rings is 1. The van der Waals surface area contributed by atoms with Crippen LogP contribution in [0.5, 0.6) is 11.6 Å². The maximum atomic E-state index is 5.93. The van der Waals surface area contributed by atoms with E-state index in [0.29, 0.717) is 11.6 Å². The molecule has 0 atom stereocenters. The number of aryl methyl sites for hydroxylation is 1. The number of ether oxygens (including phenoxy) is 1. The summed E-state index contributed by atoms with van der Waals surface area (Å²) in [7, 11) is 0. The Balaban J connectivity index is 2.44. The molecule has 1 heterocycles. The standard InChI is InChI=1S/C17H22N2O/c1-5-12-8-9-15(13(11-12)17(2,3)4)20-16-14(18)7-6-10-19-16/h6-11H,5,18H2,1-4H3. The lowest BCUT2D eigenvalue weighted by atomic mass is 9.85. The van der Waals surface area contributed by atoms with Gasteiger partial charge >= 0.3 is 0 Å². The Bertz CT molecular complexity index is 600. The minimum atomic E-state index is 0.00402. The molecule has 0 saturated carbocycles. The van der Waals surface area contributed by atoms with Gasteiger partial charge in [0.1, 0.15) is 5.75 Å². The number of hydrogen-bond acceptors (Lipinski definition) is 3. The fourth-order valence-corrected chi connectivity index (χ4v) is 2.06. The van der Waals surface area contributed by atoms with Crippen LogP contribution < -0.4 is 10.5 Å². The number of aromatic nitrogens is 1. The second kappa shape index (κ2) is 5.53. The lowest BCUT2D eigenvalue weighted by Crippen LogP contribution is -2.13. The molecule has 0 aliphatic heterocycles. The van der Waals surface area contributed by atoms with Crippen molar-refractivity contribution in [2.75, 3.05) is 5.73 Å². The van der Waals surface area contributed by atoms with Crippen molar-refractivity contribution in [3.05, 3.63) is 47.7 Å². The normalized spacial score (nSPS) is 11.4. The number of anilines is 1. The lowest BCUT2D eigenvalue weighted by Gasteiger charge is -2.23. The van der Waals surface area contributed by atoms with Gasteiger partial charge in [-0.3, -0.25) is 0 Å². The highest BCUT2D eigenvalue weighted by molar-refractivity contribution is 5.51. The molecule has 2 rings (SSSR count). The summed E-state index contributed by atoms with van der Waals surface area (Å²) in [6.45, 7) is 8.68. The van der Waals surface area contributed by atoms with Crippen LogP contribution in [-0.2, 0) is 11.8 Å². The monoisotopic (exact) mass is 270 g/mol. The molecule has 0 bridgehead atoms. The van der Waals surface area contributed by atoms with Crippen LogP contribution in [0.3, 0.4) is 0 Å². The molecule has 3 nitrogen and oxygen atoms in total. The molecule has 0 unspecified atom stereocenters. The van der Waals surface area contributed by atoms with E-state index in [1.165, 1.54) is 11.1 Å². The zero-order valence-corrected chi connectivity index (χ0v) is 12.6. The Labute approximate surface area is 120 Å². The van der Waals surface area contributed by atoms with Crippen molar-refractivity contribution in [3.63, 3.8) is 0 Å². The molecule has 0 amide bonds. The summed E-state index contributed by atoms with van der Waals surface area (Å²) in [6.07, 6.45) is 2.69. The molecule has 0 radical (unpaired) electrons. The van der Waals surface area contributed by atoms with Crippen LogP contribution in [0, 0.1) is 0 Å². The Morgan fingerprint density at radius 3 is 2.55 bits per heavy atom. The zero-order chi connectivity index (χ0) is 14.8. The summed E-state index contributed by atoms with van der Waals surface area (Å²) < 4.78 is 5.93. The van der Waals surface area contributed by atoms with E-state index >= 15 is 0 Å². The minimum Gasteiger partial charge on any atom is -0.437 e. The summed E-state index contributed by atoms with van der Waals surface area (Å²) in [5.74, 6) is 1.28.